The van der Waals surface area contributed by atoms with Gasteiger partial charge < -0.3 is 4.74 Å². The molecular formula is C23H19ClN2O3. The van der Waals surface area contributed by atoms with E-state index in [0.717, 1.165) is 17.0 Å². The van der Waals surface area contributed by atoms with Crippen molar-refractivity contribution in [2.75, 3.05) is 0 Å². The van der Waals surface area contributed by atoms with E-state index in [4.69, 9.17) is 16.3 Å². The van der Waals surface area contributed by atoms with Crippen LogP contribution in [0.5, 0.6) is 5.75 Å². The number of hydrogen-bond donors (Lipinski definition) is 0. The van der Waals surface area contributed by atoms with E-state index in [1.165, 1.54) is 6.21 Å². The minimum absolute atomic E-state index is 0.174. The van der Waals surface area contributed by atoms with Crippen LogP contribution in [0.25, 0.3) is 0 Å². The topological polar surface area (TPSA) is 59.0 Å². The number of para-hydroxylation sites is 1. The number of nitrogens with zero attached hydrogens (tertiary/aromatic N) is 2. The van der Waals surface area contributed by atoms with E-state index in [9.17, 15) is 9.59 Å². The molecular weight excluding hydrogens is 388 g/mol. The van der Waals surface area contributed by atoms with Crippen LogP contribution in [0.1, 0.15) is 17.5 Å². The summed E-state index contributed by atoms with van der Waals surface area (Å²) >= 11 is 6.19. The molecule has 29 heavy (non-hydrogen) atoms. The maximum atomic E-state index is 12.8. The van der Waals surface area contributed by atoms with Gasteiger partial charge in [0.2, 0.25) is 0 Å². The molecule has 0 radical (unpaired) electrons. The minimum atomic E-state index is -0.249. The Bertz CT molecular complexity index is 1020. The Morgan fingerprint density at radius 1 is 1.00 bits per heavy atom. The van der Waals surface area contributed by atoms with Crippen LogP contribution in [0.15, 0.2) is 65.8 Å². The Morgan fingerprint density at radius 2 is 1.66 bits per heavy atom. The van der Waals surface area contributed by atoms with Crippen molar-refractivity contribution in [3.8, 4) is 5.75 Å². The third-order valence-corrected chi connectivity index (χ3v) is 6.39. The number of amides is 2. The van der Waals surface area contributed by atoms with Crippen LogP contribution >= 0.6 is 11.6 Å². The molecule has 1 saturated carbocycles. The minimum Gasteiger partial charge on any atom is -0.488 e. The van der Waals surface area contributed by atoms with E-state index in [0.29, 0.717) is 22.9 Å². The molecule has 2 aliphatic carbocycles. The molecule has 2 amide bonds. The lowest BCUT2D eigenvalue weighted by Gasteiger charge is -2.13. The van der Waals surface area contributed by atoms with Gasteiger partial charge in [0.1, 0.15) is 12.4 Å². The standard InChI is InChI=1S/C23H19ClN2O3/c24-18-7-3-1-6-17(18)13-29-19-8-4-2-5-16(19)12-25-26-22(27)20-14-9-10-15(11-14)21(20)23(26)28/h1-10,12,14-15,20-21H,11,13H2/b25-12-/t14-,15-,20-,21-/m0/s1. The number of hydrogen-bond acceptors (Lipinski definition) is 4. The van der Waals surface area contributed by atoms with Crippen molar-refractivity contribution >= 4 is 29.6 Å². The summed E-state index contributed by atoms with van der Waals surface area (Å²) in [5.41, 5.74) is 1.57. The SMILES string of the molecule is O=C1[C@@H]2[C@@H](C(=O)N1/N=C\c1ccccc1OCc1ccccc1Cl)[C@H]1C=C[C@H]2C1. The predicted octanol–water partition coefficient (Wildman–Crippen LogP) is 4.06. The first kappa shape index (κ1) is 18.1. The molecule has 2 fully saturated rings. The number of carbonyl (C=O) groups excluding carboxylic acids is 2. The molecule has 2 aromatic carbocycles. The van der Waals surface area contributed by atoms with E-state index in [-0.39, 0.29) is 35.5 Å². The smallest absolute Gasteiger partial charge is 0.254 e. The molecule has 2 bridgehead atoms. The van der Waals surface area contributed by atoms with E-state index in [1.54, 1.807) is 0 Å². The fourth-order valence-electron chi connectivity index (χ4n) is 4.61. The highest BCUT2D eigenvalue weighted by molar-refractivity contribution is 6.31. The summed E-state index contributed by atoms with van der Waals surface area (Å²) in [4.78, 5) is 25.5. The lowest BCUT2D eigenvalue weighted by molar-refractivity contribution is -0.140. The lowest BCUT2D eigenvalue weighted by atomic mass is 9.85. The van der Waals surface area contributed by atoms with Gasteiger partial charge in [-0.3, -0.25) is 9.59 Å². The van der Waals surface area contributed by atoms with Crippen molar-refractivity contribution in [1.29, 1.82) is 0 Å². The normalized spacial score (nSPS) is 27.3. The number of imide groups is 1. The molecule has 1 heterocycles. The highest BCUT2D eigenvalue weighted by Crippen LogP contribution is 2.52. The van der Waals surface area contributed by atoms with E-state index in [1.807, 2.05) is 48.5 Å². The van der Waals surface area contributed by atoms with Gasteiger partial charge in [0, 0.05) is 16.1 Å². The number of hydrazone groups is 1. The molecule has 146 valence electrons. The predicted molar refractivity (Wildman–Crippen MR) is 109 cm³/mol. The lowest BCUT2D eigenvalue weighted by Crippen LogP contribution is -2.28. The van der Waals surface area contributed by atoms with E-state index < -0.39 is 0 Å². The zero-order valence-electron chi connectivity index (χ0n) is 15.6. The summed E-state index contributed by atoms with van der Waals surface area (Å²) in [6, 6.07) is 14.9. The first-order chi connectivity index (χ1) is 14.1. The number of benzene rings is 2. The summed E-state index contributed by atoms with van der Waals surface area (Å²) in [5.74, 6) is 0.0749. The zero-order valence-corrected chi connectivity index (χ0v) is 16.3. The Labute approximate surface area is 173 Å². The van der Waals surface area contributed by atoms with Gasteiger partial charge in [-0.1, -0.05) is 54.1 Å². The van der Waals surface area contributed by atoms with Crippen molar-refractivity contribution in [3.63, 3.8) is 0 Å². The van der Waals surface area contributed by atoms with Crippen molar-refractivity contribution < 1.29 is 14.3 Å². The summed E-state index contributed by atoms with van der Waals surface area (Å²) in [5, 5.41) is 5.93. The van der Waals surface area contributed by atoms with Gasteiger partial charge >= 0.3 is 0 Å². The third-order valence-electron chi connectivity index (χ3n) is 6.02. The number of carbonyl (C=O) groups is 2. The molecule has 1 aliphatic heterocycles. The van der Waals surface area contributed by atoms with Gasteiger partial charge in [0.15, 0.2) is 0 Å². The maximum Gasteiger partial charge on any atom is 0.254 e. The van der Waals surface area contributed by atoms with Crippen LogP contribution in [0.4, 0.5) is 0 Å². The molecule has 2 aromatic rings. The largest absolute Gasteiger partial charge is 0.488 e. The van der Waals surface area contributed by atoms with Gasteiger partial charge in [-0.05, 0) is 36.5 Å². The average molecular weight is 407 g/mol. The number of ether oxygens (including phenoxy) is 1. The maximum absolute atomic E-state index is 12.8. The van der Waals surface area contributed by atoms with Crippen molar-refractivity contribution in [2.45, 2.75) is 13.0 Å². The molecule has 1 saturated heterocycles. The van der Waals surface area contributed by atoms with Gasteiger partial charge in [-0.2, -0.15) is 10.1 Å². The Hall–Kier alpha value is -2.92. The molecule has 0 N–H and O–H groups in total. The second kappa shape index (κ2) is 7.16. The van der Waals surface area contributed by atoms with Gasteiger partial charge in [-0.15, -0.1) is 0 Å². The van der Waals surface area contributed by atoms with Gasteiger partial charge in [0.25, 0.3) is 11.8 Å². The van der Waals surface area contributed by atoms with Crippen LogP contribution in [0, 0.1) is 23.7 Å². The van der Waals surface area contributed by atoms with Crippen molar-refractivity contribution in [2.24, 2.45) is 28.8 Å². The molecule has 0 spiro atoms. The van der Waals surface area contributed by atoms with Crippen molar-refractivity contribution in [3.05, 3.63) is 76.8 Å². The first-order valence-corrected chi connectivity index (χ1v) is 10.1. The number of rotatable bonds is 5. The van der Waals surface area contributed by atoms with E-state index >= 15 is 0 Å². The van der Waals surface area contributed by atoms with Gasteiger partial charge in [-0.25, -0.2) is 0 Å². The van der Waals surface area contributed by atoms with Crippen LogP contribution < -0.4 is 4.74 Å². The van der Waals surface area contributed by atoms with Gasteiger partial charge in [0.05, 0.1) is 18.1 Å². The number of fused-ring (bicyclic) bond motifs is 5. The van der Waals surface area contributed by atoms with Crippen LogP contribution in [-0.2, 0) is 16.2 Å². The average Bonchev–Trinajstić information content (AvgIpc) is 3.41. The number of halogens is 1. The van der Waals surface area contributed by atoms with Crippen LogP contribution in [-0.4, -0.2) is 23.0 Å². The second-order valence-corrected chi connectivity index (χ2v) is 8.06. The molecule has 3 aliphatic rings. The first-order valence-electron chi connectivity index (χ1n) is 9.69. The third kappa shape index (κ3) is 3.06. The fraction of sp³-hybridized carbons (Fsp3) is 0.261. The zero-order chi connectivity index (χ0) is 20.0. The van der Waals surface area contributed by atoms with Crippen LogP contribution in [0.3, 0.4) is 0 Å². The summed E-state index contributed by atoms with van der Waals surface area (Å²) in [7, 11) is 0. The Balaban J connectivity index is 1.34. The molecule has 5 nitrogen and oxygen atoms in total. The molecule has 0 unspecified atom stereocenters. The fourth-order valence-corrected chi connectivity index (χ4v) is 4.80. The summed E-state index contributed by atoms with van der Waals surface area (Å²) in [6.07, 6.45) is 6.57. The highest BCUT2D eigenvalue weighted by Gasteiger charge is 2.59. The Kier molecular flexibility index (Phi) is 4.47. The monoisotopic (exact) mass is 406 g/mol. The summed E-state index contributed by atoms with van der Waals surface area (Å²) < 4.78 is 5.92. The van der Waals surface area contributed by atoms with E-state index in [2.05, 4.69) is 17.3 Å². The quantitative estimate of drug-likeness (QED) is 0.427. The summed E-state index contributed by atoms with van der Waals surface area (Å²) in [6.45, 7) is 0.311. The molecule has 5 rings (SSSR count). The molecule has 6 heteroatoms. The van der Waals surface area contributed by atoms with Crippen molar-refractivity contribution in [1.82, 2.24) is 5.01 Å². The number of allylic oxidation sites excluding steroid dienone is 2. The molecule has 0 aromatic heterocycles. The highest BCUT2D eigenvalue weighted by atomic mass is 35.5. The second-order valence-electron chi connectivity index (χ2n) is 7.65. The molecule has 4 atom stereocenters. The Morgan fingerprint density at radius 3 is 2.38 bits per heavy atom. The van der Waals surface area contributed by atoms with Crippen LogP contribution in [0.2, 0.25) is 5.02 Å².